The van der Waals surface area contributed by atoms with Crippen molar-refractivity contribution in [2.75, 3.05) is 7.11 Å². The van der Waals surface area contributed by atoms with Crippen LogP contribution in [0.1, 0.15) is 22.2 Å². The molecule has 1 heterocycles. The van der Waals surface area contributed by atoms with Gasteiger partial charge in [0.1, 0.15) is 10.7 Å². The van der Waals surface area contributed by atoms with E-state index in [1.165, 1.54) is 26.2 Å². The molecule has 1 aromatic carbocycles. The predicted octanol–water partition coefficient (Wildman–Crippen LogP) is 1.93. The average molecular weight is 354 g/mol. The maximum Gasteiger partial charge on any atom is 0.349 e. The number of primary amides is 1. The molecule has 0 aliphatic heterocycles. The van der Waals surface area contributed by atoms with E-state index in [2.05, 4.69) is 0 Å². The zero-order chi connectivity index (χ0) is 17.9. The number of carbonyl (C=O) groups is 3. The number of urea groups is 1. The molecule has 0 saturated carbocycles. The van der Waals surface area contributed by atoms with Crippen molar-refractivity contribution in [3.8, 4) is 0 Å². The van der Waals surface area contributed by atoms with Crippen LogP contribution in [0.25, 0.3) is 10.1 Å². The van der Waals surface area contributed by atoms with Crippen LogP contribution in [0.5, 0.6) is 0 Å². The van der Waals surface area contributed by atoms with Gasteiger partial charge in [-0.15, -0.1) is 11.3 Å². The molecule has 0 saturated heterocycles. The number of nitrogens with one attached hydrogen (secondary N) is 1. The van der Waals surface area contributed by atoms with Gasteiger partial charge >= 0.3 is 12.0 Å². The predicted molar refractivity (Wildman–Crippen MR) is 85.1 cm³/mol. The molecule has 2 rings (SSSR count). The second kappa shape index (κ2) is 7.37. The summed E-state index contributed by atoms with van der Waals surface area (Å²) in [5.74, 6) is -2.14. The summed E-state index contributed by atoms with van der Waals surface area (Å²) >= 11 is 1.04. The first kappa shape index (κ1) is 17.8. The van der Waals surface area contributed by atoms with Crippen LogP contribution in [0.15, 0.2) is 18.2 Å². The number of benzene rings is 1. The SMILES string of the molecule is COCc1c(C(=O)OC(C)C(=O)NC(N)=O)sc2cccc(F)c12. The third kappa shape index (κ3) is 3.69. The van der Waals surface area contributed by atoms with Crippen LogP contribution < -0.4 is 11.1 Å². The van der Waals surface area contributed by atoms with Crippen LogP contribution in [-0.4, -0.2) is 31.1 Å². The average Bonchev–Trinajstić information content (AvgIpc) is 2.87. The highest BCUT2D eigenvalue weighted by Gasteiger charge is 2.25. The van der Waals surface area contributed by atoms with E-state index in [4.69, 9.17) is 15.2 Å². The molecule has 2 aromatic rings. The third-order valence-corrected chi connectivity index (χ3v) is 4.31. The van der Waals surface area contributed by atoms with Gasteiger partial charge in [0.15, 0.2) is 6.10 Å². The normalized spacial score (nSPS) is 12.0. The zero-order valence-corrected chi connectivity index (χ0v) is 13.7. The number of rotatable bonds is 5. The molecule has 128 valence electrons. The summed E-state index contributed by atoms with van der Waals surface area (Å²) in [4.78, 5) is 34.7. The molecular formula is C15H15FN2O5S. The van der Waals surface area contributed by atoms with Crippen LogP contribution in [0, 0.1) is 5.82 Å². The number of ether oxygens (including phenoxy) is 2. The fourth-order valence-corrected chi connectivity index (χ4v) is 3.21. The maximum absolute atomic E-state index is 14.1. The van der Waals surface area contributed by atoms with Gasteiger partial charge in [-0.2, -0.15) is 0 Å². The van der Waals surface area contributed by atoms with Crippen LogP contribution >= 0.6 is 11.3 Å². The van der Waals surface area contributed by atoms with Gasteiger partial charge in [-0.1, -0.05) is 6.07 Å². The van der Waals surface area contributed by atoms with Crippen molar-refractivity contribution in [3.63, 3.8) is 0 Å². The van der Waals surface area contributed by atoms with E-state index in [9.17, 15) is 18.8 Å². The Bertz CT molecular complexity index is 805. The van der Waals surface area contributed by atoms with Gasteiger partial charge in [0, 0.05) is 22.8 Å². The van der Waals surface area contributed by atoms with E-state index in [1.807, 2.05) is 5.32 Å². The highest BCUT2D eigenvalue weighted by molar-refractivity contribution is 7.21. The summed E-state index contributed by atoms with van der Waals surface area (Å²) in [6.07, 6.45) is -1.24. The summed E-state index contributed by atoms with van der Waals surface area (Å²) in [7, 11) is 1.42. The standard InChI is InChI=1S/C15H15FN2O5S/c1-7(13(19)18-15(17)21)23-14(20)12-8(6-22-2)11-9(16)4-3-5-10(11)24-12/h3-5,7H,6H2,1-2H3,(H3,17,18,19,21). The van der Waals surface area contributed by atoms with Crippen molar-refractivity contribution in [3.05, 3.63) is 34.5 Å². The molecule has 0 aliphatic carbocycles. The van der Waals surface area contributed by atoms with Crippen molar-refractivity contribution in [2.24, 2.45) is 5.73 Å². The Morgan fingerprint density at radius 3 is 2.71 bits per heavy atom. The van der Waals surface area contributed by atoms with E-state index in [1.54, 1.807) is 6.07 Å². The Kier molecular flexibility index (Phi) is 5.47. The maximum atomic E-state index is 14.1. The molecule has 7 nitrogen and oxygen atoms in total. The number of fused-ring (bicyclic) bond motifs is 1. The number of hydrogen-bond acceptors (Lipinski definition) is 6. The Labute approximate surface area is 140 Å². The fourth-order valence-electron chi connectivity index (χ4n) is 2.10. The number of esters is 1. The minimum atomic E-state index is -1.24. The minimum Gasteiger partial charge on any atom is -0.448 e. The number of carbonyl (C=O) groups excluding carboxylic acids is 3. The molecule has 3 amide bonds. The van der Waals surface area contributed by atoms with Crippen LogP contribution in [0.2, 0.25) is 0 Å². The lowest BCUT2D eigenvalue weighted by molar-refractivity contribution is -0.127. The quantitative estimate of drug-likeness (QED) is 0.798. The van der Waals surface area contributed by atoms with Gasteiger partial charge in [-0.25, -0.2) is 14.0 Å². The van der Waals surface area contributed by atoms with Crippen molar-refractivity contribution in [1.29, 1.82) is 0 Å². The van der Waals surface area contributed by atoms with Gasteiger partial charge in [0.25, 0.3) is 5.91 Å². The molecule has 9 heteroatoms. The fraction of sp³-hybridized carbons (Fsp3) is 0.267. The molecule has 0 radical (unpaired) electrons. The molecule has 0 spiro atoms. The number of nitrogens with two attached hydrogens (primary N) is 1. The lowest BCUT2D eigenvalue weighted by Gasteiger charge is -2.12. The lowest BCUT2D eigenvalue weighted by atomic mass is 10.1. The topological polar surface area (TPSA) is 108 Å². The summed E-state index contributed by atoms with van der Waals surface area (Å²) in [5, 5.41) is 2.10. The molecule has 1 unspecified atom stereocenters. The molecule has 0 aliphatic rings. The van der Waals surface area contributed by atoms with Gasteiger partial charge in [0.2, 0.25) is 0 Å². The van der Waals surface area contributed by atoms with Crippen molar-refractivity contribution in [1.82, 2.24) is 5.32 Å². The summed E-state index contributed by atoms with van der Waals surface area (Å²) in [6, 6.07) is 3.43. The molecule has 0 fully saturated rings. The molecular weight excluding hydrogens is 339 g/mol. The van der Waals surface area contributed by atoms with Crippen molar-refractivity contribution in [2.45, 2.75) is 19.6 Å². The summed E-state index contributed by atoms with van der Waals surface area (Å²) in [5.41, 5.74) is 5.19. The molecule has 3 N–H and O–H groups in total. The van der Waals surface area contributed by atoms with Gasteiger partial charge in [-0.3, -0.25) is 10.1 Å². The van der Waals surface area contributed by atoms with E-state index < -0.39 is 29.8 Å². The molecule has 24 heavy (non-hydrogen) atoms. The molecule has 0 bridgehead atoms. The van der Waals surface area contributed by atoms with Gasteiger partial charge in [0.05, 0.1) is 6.61 Å². The zero-order valence-electron chi connectivity index (χ0n) is 12.9. The second-order valence-electron chi connectivity index (χ2n) is 4.86. The van der Waals surface area contributed by atoms with Crippen LogP contribution in [0.4, 0.5) is 9.18 Å². The minimum absolute atomic E-state index is 0.00717. The van der Waals surface area contributed by atoms with E-state index in [0.29, 0.717) is 10.3 Å². The highest BCUT2D eigenvalue weighted by Crippen LogP contribution is 2.34. The number of halogens is 1. The first-order chi connectivity index (χ1) is 11.3. The number of imide groups is 1. The Hall–Kier alpha value is -2.52. The number of thiophene rings is 1. The molecule has 1 atom stereocenters. The van der Waals surface area contributed by atoms with Crippen molar-refractivity contribution >= 4 is 39.3 Å². The third-order valence-electron chi connectivity index (χ3n) is 3.14. The number of methoxy groups -OCH3 is 1. The van der Waals surface area contributed by atoms with Crippen molar-refractivity contribution < 1.29 is 28.2 Å². The van der Waals surface area contributed by atoms with E-state index in [-0.39, 0.29) is 16.9 Å². The lowest BCUT2D eigenvalue weighted by Crippen LogP contribution is -2.42. The first-order valence-corrected chi connectivity index (χ1v) is 7.67. The van der Waals surface area contributed by atoms with Gasteiger partial charge < -0.3 is 15.2 Å². The smallest absolute Gasteiger partial charge is 0.349 e. The number of amides is 3. The monoisotopic (exact) mass is 354 g/mol. The highest BCUT2D eigenvalue weighted by atomic mass is 32.1. The van der Waals surface area contributed by atoms with Crippen LogP contribution in [0.3, 0.4) is 0 Å². The first-order valence-electron chi connectivity index (χ1n) is 6.85. The van der Waals surface area contributed by atoms with Crippen LogP contribution in [-0.2, 0) is 20.9 Å². The van der Waals surface area contributed by atoms with Gasteiger partial charge in [-0.05, 0) is 19.1 Å². The Balaban J connectivity index is 2.32. The number of hydrogen-bond donors (Lipinski definition) is 2. The largest absolute Gasteiger partial charge is 0.448 e. The van der Waals surface area contributed by atoms with E-state index >= 15 is 0 Å². The Morgan fingerprint density at radius 1 is 1.38 bits per heavy atom. The van der Waals surface area contributed by atoms with E-state index in [0.717, 1.165) is 11.3 Å². The summed E-state index contributed by atoms with van der Waals surface area (Å²) < 4.78 is 24.7. The molecule has 1 aromatic heterocycles. The summed E-state index contributed by atoms with van der Waals surface area (Å²) in [6.45, 7) is 1.30. The second-order valence-corrected chi connectivity index (χ2v) is 5.91. The Morgan fingerprint density at radius 2 is 2.08 bits per heavy atom.